The monoisotopic (exact) mass is 287 g/mol. The molecule has 0 atom stereocenters. The summed E-state index contributed by atoms with van der Waals surface area (Å²) in [6.07, 6.45) is 2.07. The zero-order valence-corrected chi connectivity index (χ0v) is 11.9. The van der Waals surface area contributed by atoms with E-state index in [1.165, 1.54) is 5.56 Å². The number of nitrogens with one attached hydrogen (secondary N) is 1. The zero-order valence-electron chi connectivity index (χ0n) is 11.1. The first-order valence-electron chi connectivity index (χ1n) is 6.73. The maximum atomic E-state index is 12.2. The van der Waals surface area contributed by atoms with Crippen molar-refractivity contribution in [2.45, 2.75) is 23.2 Å². The van der Waals surface area contributed by atoms with Crippen LogP contribution in [-0.4, -0.2) is 15.0 Å². The molecular formula is C16H17NO2S. The fourth-order valence-corrected chi connectivity index (χ4v) is 3.57. The van der Waals surface area contributed by atoms with E-state index >= 15 is 0 Å². The van der Waals surface area contributed by atoms with Gasteiger partial charge in [-0.1, -0.05) is 48.5 Å². The van der Waals surface area contributed by atoms with E-state index in [2.05, 4.69) is 16.9 Å². The van der Waals surface area contributed by atoms with Crippen LogP contribution in [0.1, 0.15) is 18.4 Å². The quantitative estimate of drug-likeness (QED) is 0.919. The van der Waals surface area contributed by atoms with Crippen LogP contribution in [0.2, 0.25) is 0 Å². The van der Waals surface area contributed by atoms with Crippen LogP contribution in [0, 0.1) is 0 Å². The van der Waals surface area contributed by atoms with E-state index in [0.717, 1.165) is 12.8 Å². The molecule has 2 aromatic carbocycles. The van der Waals surface area contributed by atoms with Gasteiger partial charge in [-0.15, -0.1) is 0 Å². The van der Waals surface area contributed by atoms with Crippen LogP contribution >= 0.6 is 0 Å². The molecule has 3 nitrogen and oxygen atoms in total. The van der Waals surface area contributed by atoms with Crippen molar-refractivity contribution >= 4 is 10.0 Å². The van der Waals surface area contributed by atoms with Crippen LogP contribution in [0.4, 0.5) is 0 Å². The first-order valence-corrected chi connectivity index (χ1v) is 8.21. The molecule has 0 spiro atoms. The SMILES string of the molecule is O=S(=O)(NCC1(c2ccccc2)CC1)c1ccccc1. The van der Waals surface area contributed by atoms with Crippen LogP contribution in [0.3, 0.4) is 0 Å². The summed E-state index contributed by atoms with van der Waals surface area (Å²) in [7, 11) is -3.41. The van der Waals surface area contributed by atoms with Crippen LogP contribution in [0.25, 0.3) is 0 Å². The molecule has 0 unspecified atom stereocenters. The Kier molecular flexibility index (Phi) is 3.36. The second kappa shape index (κ2) is 5.04. The number of hydrogen-bond acceptors (Lipinski definition) is 2. The van der Waals surface area contributed by atoms with Crippen molar-refractivity contribution in [1.29, 1.82) is 0 Å². The standard InChI is InChI=1S/C16H17NO2S/c18-20(19,15-9-5-2-6-10-15)17-13-16(11-12-16)14-7-3-1-4-8-14/h1-10,17H,11-13H2. The molecule has 20 heavy (non-hydrogen) atoms. The number of benzene rings is 2. The van der Waals surface area contributed by atoms with Crippen LogP contribution in [0.15, 0.2) is 65.6 Å². The highest BCUT2D eigenvalue weighted by atomic mass is 32.2. The maximum absolute atomic E-state index is 12.2. The molecule has 0 amide bonds. The molecule has 3 rings (SSSR count). The van der Waals surface area contributed by atoms with E-state index in [4.69, 9.17) is 0 Å². The lowest BCUT2D eigenvalue weighted by Crippen LogP contribution is -2.32. The lowest BCUT2D eigenvalue weighted by Gasteiger charge is -2.16. The van der Waals surface area contributed by atoms with Crippen molar-refractivity contribution < 1.29 is 8.42 Å². The molecule has 1 N–H and O–H groups in total. The van der Waals surface area contributed by atoms with E-state index in [9.17, 15) is 8.42 Å². The minimum Gasteiger partial charge on any atom is -0.210 e. The third-order valence-electron chi connectivity index (χ3n) is 3.89. The average molecular weight is 287 g/mol. The highest BCUT2D eigenvalue weighted by Gasteiger charge is 2.44. The van der Waals surface area contributed by atoms with Crippen LogP contribution < -0.4 is 4.72 Å². The van der Waals surface area contributed by atoms with Gasteiger partial charge in [-0.05, 0) is 30.5 Å². The van der Waals surface area contributed by atoms with Gasteiger partial charge in [0.15, 0.2) is 0 Å². The molecule has 1 aliphatic rings. The Bertz CT molecular complexity index is 677. The molecular weight excluding hydrogens is 270 g/mol. The lowest BCUT2D eigenvalue weighted by molar-refractivity contribution is 0.567. The first kappa shape index (κ1) is 13.3. The largest absolute Gasteiger partial charge is 0.240 e. The highest BCUT2D eigenvalue weighted by Crippen LogP contribution is 2.47. The number of rotatable bonds is 5. The summed E-state index contributed by atoms with van der Waals surface area (Å²) in [5.74, 6) is 0. The molecule has 0 aliphatic heterocycles. The van der Waals surface area contributed by atoms with Gasteiger partial charge < -0.3 is 0 Å². The summed E-state index contributed by atoms with van der Waals surface area (Å²) in [6.45, 7) is 0.467. The van der Waals surface area contributed by atoms with Crippen molar-refractivity contribution in [3.05, 3.63) is 66.2 Å². The van der Waals surface area contributed by atoms with Crippen molar-refractivity contribution in [1.82, 2.24) is 4.72 Å². The Balaban J connectivity index is 1.75. The highest BCUT2D eigenvalue weighted by molar-refractivity contribution is 7.89. The Morgan fingerprint density at radius 3 is 2.00 bits per heavy atom. The predicted octanol–water partition coefficient (Wildman–Crippen LogP) is 2.70. The zero-order chi connectivity index (χ0) is 14.1. The van der Waals surface area contributed by atoms with Gasteiger partial charge in [0, 0.05) is 12.0 Å². The van der Waals surface area contributed by atoms with Gasteiger partial charge in [0.2, 0.25) is 10.0 Å². The molecule has 0 saturated heterocycles. The maximum Gasteiger partial charge on any atom is 0.240 e. The fraction of sp³-hybridized carbons (Fsp3) is 0.250. The molecule has 0 aromatic heterocycles. The molecule has 0 bridgehead atoms. The van der Waals surface area contributed by atoms with E-state index in [1.54, 1.807) is 24.3 Å². The molecule has 0 radical (unpaired) electrons. The van der Waals surface area contributed by atoms with Crippen LogP contribution in [0.5, 0.6) is 0 Å². The van der Waals surface area contributed by atoms with Gasteiger partial charge in [-0.3, -0.25) is 0 Å². The van der Waals surface area contributed by atoms with Gasteiger partial charge in [0.1, 0.15) is 0 Å². The second-order valence-electron chi connectivity index (χ2n) is 5.28. The summed E-state index contributed by atoms with van der Waals surface area (Å²) in [6, 6.07) is 18.6. The van der Waals surface area contributed by atoms with Crippen molar-refractivity contribution in [3.63, 3.8) is 0 Å². The Labute approximate surface area is 119 Å². The Morgan fingerprint density at radius 1 is 0.900 bits per heavy atom. The third-order valence-corrected chi connectivity index (χ3v) is 5.31. The van der Waals surface area contributed by atoms with E-state index in [1.807, 2.05) is 24.3 Å². The molecule has 4 heteroatoms. The van der Waals surface area contributed by atoms with E-state index in [-0.39, 0.29) is 5.41 Å². The van der Waals surface area contributed by atoms with Crippen molar-refractivity contribution in [2.24, 2.45) is 0 Å². The molecule has 0 heterocycles. The number of sulfonamides is 1. The summed E-state index contributed by atoms with van der Waals surface area (Å²) in [5.41, 5.74) is 1.21. The predicted molar refractivity (Wildman–Crippen MR) is 79.0 cm³/mol. The summed E-state index contributed by atoms with van der Waals surface area (Å²) >= 11 is 0. The number of hydrogen-bond donors (Lipinski definition) is 1. The Morgan fingerprint density at radius 2 is 1.45 bits per heavy atom. The Hall–Kier alpha value is -1.65. The minimum atomic E-state index is -3.41. The minimum absolute atomic E-state index is 0.0108. The first-order chi connectivity index (χ1) is 9.62. The summed E-state index contributed by atoms with van der Waals surface area (Å²) < 4.78 is 27.2. The van der Waals surface area contributed by atoms with Crippen molar-refractivity contribution in [3.8, 4) is 0 Å². The van der Waals surface area contributed by atoms with Gasteiger partial charge >= 0.3 is 0 Å². The average Bonchev–Trinajstić information content (AvgIpc) is 3.29. The molecule has 104 valence electrons. The lowest BCUT2D eigenvalue weighted by atomic mass is 9.96. The second-order valence-corrected chi connectivity index (χ2v) is 7.05. The normalized spacial score (nSPS) is 16.8. The smallest absolute Gasteiger partial charge is 0.210 e. The molecule has 1 saturated carbocycles. The summed E-state index contributed by atoms with van der Waals surface area (Å²) in [4.78, 5) is 0.323. The molecule has 1 aliphatic carbocycles. The summed E-state index contributed by atoms with van der Waals surface area (Å²) in [5, 5.41) is 0. The van der Waals surface area contributed by atoms with Crippen molar-refractivity contribution in [2.75, 3.05) is 6.54 Å². The van der Waals surface area contributed by atoms with Gasteiger partial charge in [-0.25, -0.2) is 13.1 Å². The third kappa shape index (κ3) is 2.62. The fourth-order valence-electron chi connectivity index (χ4n) is 2.43. The topological polar surface area (TPSA) is 46.2 Å². The van der Waals surface area contributed by atoms with Gasteiger partial charge in [-0.2, -0.15) is 0 Å². The van der Waals surface area contributed by atoms with E-state index in [0.29, 0.717) is 11.4 Å². The van der Waals surface area contributed by atoms with Gasteiger partial charge in [0.05, 0.1) is 4.90 Å². The van der Waals surface area contributed by atoms with Gasteiger partial charge in [0.25, 0.3) is 0 Å². The van der Waals surface area contributed by atoms with E-state index < -0.39 is 10.0 Å². The van der Waals surface area contributed by atoms with Crippen LogP contribution in [-0.2, 0) is 15.4 Å². The molecule has 2 aromatic rings. The molecule has 1 fully saturated rings.